The molecule has 2 aliphatic heterocycles. The molecule has 4 rings (SSSR count). The molecule has 0 fully saturated rings. The third-order valence-corrected chi connectivity index (χ3v) is 6.00. The maximum absolute atomic E-state index is 13.1. The molecular weight excluding hydrogens is 452 g/mol. The second-order valence-electron chi connectivity index (χ2n) is 7.39. The zero-order chi connectivity index (χ0) is 23.5. The van der Waals surface area contributed by atoms with Gasteiger partial charge in [-0.3, -0.25) is 24.6 Å². The highest BCUT2D eigenvalue weighted by molar-refractivity contribution is 7.98. The molecule has 0 spiro atoms. The van der Waals surface area contributed by atoms with Crippen LogP contribution in [0.2, 0.25) is 0 Å². The van der Waals surface area contributed by atoms with E-state index in [9.17, 15) is 24.5 Å². The second kappa shape index (κ2) is 9.59. The van der Waals surface area contributed by atoms with Gasteiger partial charge in [-0.05, 0) is 30.6 Å². The number of benzene rings is 2. The van der Waals surface area contributed by atoms with Crippen molar-refractivity contribution in [1.29, 1.82) is 0 Å². The number of non-ortho nitro benzene ring substituents is 1. The molecule has 2 aliphatic rings. The van der Waals surface area contributed by atoms with E-state index in [1.54, 1.807) is 24.3 Å². The van der Waals surface area contributed by atoms with Gasteiger partial charge in [0.15, 0.2) is 6.79 Å². The third-order valence-electron chi connectivity index (χ3n) is 5.36. The molecule has 0 saturated heterocycles. The summed E-state index contributed by atoms with van der Waals surface area (Å²) >= 11 is 1.46. The van der Waals surface area contributed by atoms with Crippen LogP contribution in [-0.2, 0) is 27.5 Å². The van der Waals surface area contributed by atoms with Crippen LogP contribution in [0.5, 0.6) is 5.75 Å². The van der Waals surface area contributed by atoms with Gasteiger partial charge in [0.05, 0.1) is 22.7 Å². The van der Waals surface area contributed by atoms with E-state index in [2.05, 4.69) is 0 Å². The van der Waals surface area contributed by atoms with E-state index >= 15 is 0 Å². The summed E-state index contributed by atoms with van der Waals surface area (Å²) in [6.07, 6.45) is 2.06. The molecule has 2 aromatic rings. The SMILES string of the molecule is CSCC[C@H](C(=O)OCc1cc([N+](=O)[O-])cc2c1OCOC2)N1C(=O)c2ccccc2C1=O. The Morgan fingerprint density at radius 1 is 1.24 bits per heavy atom. The van der Waals surface area contributed by atoms with Crippen molar-refractivity contribution in [3.8, 4) is 5.75 Å². The summed E-state index contributed by atoms with van der Waals surface area (Å²) in [7, 11) is 0. The molecule has 0 N–H and O–H groups in total. The molecule has 2 amide bonds. The van der Waals surface area contributed by atoms with Crippen molar-refractivity contribution in [2.75, 3.05) is 18.8 Å². The average molecular weight is 472 g/mol. The van der Waals surface area contributed by atoms with Gasteiger partial charge in [0, 0.05) is 23.3 Å². The van der Waals surface area contributed by atoms with Gasteiger partial charge in [-0.15, -0.1) is 0 Å². The Hall–Kier alpha value is -3.44. The summed E-state index contributed by atoms with van der Waals surface area (Å²) < 4.78 is 16.1. The van der Waals surface area contributed by atoms with E-state index in [-0.39, 0.29) is 43.2 Å². The van der Waals surface area contributed by atoms with E-state index < -0.39 is 28.7 Å². The number of hydrogen-bond donors (Lipinski definition) is 0. The smallest absolute Gasteiger partial charge is 0.329 e. The van der Waals surface area contributed by atoms with E-state index in [0.717, 1.165) is 4.90 Å². The fourth-order valence-corrected chi connectivity index (χ4v) is 4.27. The fourth-order valence-electron chi connectivity index (χ4n) is 3.81. The van der Waals surface area contributed by atoms with Crippen molar-refractivity contribution in [2.45, 2.75) is 25.7 Å². The number of esters is 1. The van der Waals surface area contributed by atoms with Crippen LogP contribution in [0.3, 0.4) is 0 Å². The van der Waals surface area contributed by atoms with Gasteiger partial charge in [-0.2, -0.15) is 11.8 Å². The first-order chi connectivity index (χ1) is 15.9. The van der Waals surface area contributed by atoms with Crippen LogP contribution in [0.25, 0.3) is 0 Å². The number of imide groups is 1. The molecule has 0 saturated carbocycles. The zero-order valence-electron chi connectivity index (χ0n) is 17.6. The summed E-state index contributed by atoms with van der Waals surface area (Å²) in [5, 5.41) is 11.3. The van der Waals surface area contributed by atoms with Gasteiger partial charge in [0.2, 0.25) is 0 Å². The minimum absolute atomic E-state index is 0.0306. The van der Waals surface area contributed by atoms with Crippen LogP contribution >= 0.6 is 11.8 Å². The Morgan fingerprint density at radius 3 is 2.58 bits per heavy atom. The minimum atomic E-state index is -1.12. The van der Waals surface area contributed by atoms with Crippen molar-refractivity contribution < 1.29 is 33.5 Å². The predicted molar refractivity (Wildman–Crippen MR) is 117 cm³/mol. The summed E-state index contributed by atoms with van der Waals surface area (Å²) in [4.78, 5) is 50.5. The minimum Gasteiger partial charge on any atom is -0.467 e. The predicted octanol–water partition coefficient (Wildman–Crippen LogP) is 2.92. The van der Waals surface area contributed by atoms with Crippen LogP contribution in [0.15, 0.2) is 36.4 Å². The van der Waals surface area contributed by atoms with Gasteiger partial charge in [0.1, 0.15) is 18.4 Å². The van der Waals surface area contributed by atoms with Crippen LogP contribution in [0.1, 0.15) is 38.3 Å². The summed E-state index contributed by atoms with van der Waals surface area (Å²) in [5.74, 6) is -0.995. The molecule has 0 bridgehead atoms. The lowest BCUT2D eigenvalue weighted by Crippen LogP contribution is -2.46. The number of hydrogen-bond acceptors (Lipinski definition) is 9. The molecule has 0 aromatic heterocycles. The number of amides is 2. The number of carbonyl (C=O) groups excluding carboxylic acids is 3. The molecule has 0 radical (unpaired) electrons. The highest BCUT2D eigenvalue weighted by Crippen LogP contribution is 2.33. The Morgan fingerprint density at radius 2 is 1.94 bits per heavy atom. The monoisotopic (exact) mass is 472 g/mol. The van der Waals surface area contributed by atoms with Crippen LogP contribution in [-0.4, -0.2) is 52.5 Å². The first-order valence-electron chi connectivity index (χ1n) is 10.1. The number of ether oxygens (including phenoxy) is 3. The lowest BCUT2D eigenvalue weighted by Gasteiger charge is -2.25. The molecule has 2 heterocycles. The summed E-state index contributed by atoms with van der Waals surface area (Å²) in [6.45, 7) is -0.220. The highest BCUT2D eigenvalue weighted by atomic mass is 32.2. The van der Waals surface area contributed by atoms with E-state index in [1.807, 2.05) is 6.26 Å². The Labute approximate surface area is 192 Å². The zero-order valence-corrected chi connectivity index (χ0v) is 18.5. The average Bonchev–Trinajstić information content (AvgIpc) is 3.08. The first-order valence-corrected chi connectivity index (χ1v) is 11.4. The van der Waals surface area contributed by atoms with Crippen LogP contribution in [0.4, 0.5) is 5.69 Å². The molecular formula is C22H20N2O8S. The summed E-state index contributed by atoms with van der Waals surface area (Å²) in [5.41, 5.74) is 1.08. The van der Waals surface area contributed by atoms with Crippen molar-refractivity contribution in [3.05, 3.63) is 68.8 Å². The van der Waals surface area contributed by atoms with Gasteiger partial charge in [-0.25, -0.2) is 4.79 Å². The van der Waals surface area contributed by atoms with Crippen molar-refractivity contribution in [2.24, 2.45) is 0 Å². The van der Waals surface area contributed by atoms with Crippen molar-refractivity contribution in [1.82, 2.24) is 4.90 Å². The number of rotatable bonds is 8. The number of thioether (sulfide) groups is 1. The quantitative estimate of drug-likeness (QED) is 0.247. The van der Waals surface area contributed by atoms with E-state index in [1.165, 1.54) is 23.9 Å². The molecule has 172 valence electrons. The van der Waals surface area contributed by atoms with Gasteiger partial charge in [0.25, 0.3) is 17.5 Å². The van der Waals surface area contributed by atoms with Crippen LogP contribution < -0.4 is 4.74 Å². The highest BCUT2D eigenvalue weighted by Gasteiger charge is 2.43. The van der Waals surface area contributed by atoms with E-state index in [4.69, 9.17) is 14.2 Å². The maximum Gasteiger partial charge on any atom is 0.329 e. The normalized spacial score (nSPS) is 15.5. The molecule has 10 nitrogen and oxygen atoms in total. The number of nitro benzene ring substituents is 1. The second-order valence-corrected chi connectivity index (χ2v) is 8.38. The molecule has 33 heavy (non-hydrogen) atoms. The molecule has 0 aliphatic carbocycles. The Kier molecular flexibility index (Phi) is 6.61. The maximum atomic E-state index is 13.1. The number of nitro groups is 1. The van der Waals surface area contributed by atoms with Crippen LogP contribution in [0, 0.1) is 10.1 Å². The van der Waals surface area contributed by atoms with Crippen molar-refractivity contribution >= 4 is 35.2 Å². The van der Waals surface area contributed by atoms with Gasteiger partial charge in [-0.1, -0.05) is 12.1 Å². The molecule has 1 atom stereocenters. The summed E-state index contributed by atoms with van der Waals surface area (Å²) in [6, 6.07) is 7.89. The lowest BCUT2D eigenvalue weighted by atomic mass is 10.1. The fraction of sp³-hybridized carbons (Fsp3) is 0.318. The lowest BCUT2D eigenvalue weighted by molar-refractivity contribution is -0.385. The van der Waals surface area contributed by atoms with Crippen molar-refractivity contribution in [3.63, 3.8) is 0 Å². The first kappa shape index (κ1) is 22.7. The Bertz CT molecular complexity index is 1100. The topological polar surface area (TPSA) is 125 Å². The Balaban J connectivity index is 1.57. The van der Waals surface area contributed by atoms with E-state index in [0.29, 0.717) is 22.6 Å². The van der Waals surface area contributed by atoms with Gasteiger partial charge < -0.3 is 14.2 Å². The standard InChI is InChI=1S/C22H20N2O8S/c1-33-7-6-18(23-20(25)16-4-2-3-5-17(16)21(23)26)22(27)31-11-14-9-15(24(28)29)8-13-10-30-12-32-19(13)14/h2-5,8-9,18H,6-7,10-12H2,1H3/t18-/m1/s1. The largest absolute Gasteiger partial charge is 0.467 e. The van der Waals surface area contributed by atoms with Gasteiger partial charge >= 0.3 is 5.97 Å². The number of carbonyl (C=O) groups is 3. The molecule has 0 unspecified atom stereocenters. The molecule has 11 heteroatoms. The number of nitrogens with zero attached hydrogens (tertiary/aromatic N) is 2. The third kappa shape index (κ3) is 4.41. The number of fused-ring (bicyclic) bond motifs is 2. The molecule has 2 aromatic carbocycles.